The Morgan fingerprint density at radius 1 is 1.32 bits per heavy atom. The Morgan fingerprint density at radius 2 is 2.12 bits per heavy atom. The van der Waals surface area contributed by atoms with Crippen molar-refractivity contribution in [1.82, 2.24) is 30.4 Å². The molecule has 128 valence electrons. The van der Waals surface area contributed by atoms with Crippen molar-refractivity contribution < 1.29 is 4.79 Å². The first-order valence-corrected chi connectivity index (χ1v) is 8.37. The van der Waals surface area contributed by atoms with Gasteiger partial charge in [0, 0.05) is 11.3 Å². The molecule has 2 aromatic heterocycles. The minimum atomic E-state index is -0.263. The zero-order valence-corrected chi connectivity index (χ0v) is 14.1. The van der Waals surface area contributed by atoms with Gasteiger partial charge in [0.05, 0.1) is 11.7 Å². The van der Waals surface area contributed by atoms with Crippen LogP contribution < -0.4 is 5.32 Å². The molecular weight excluding hydrogens is 318 g/mol. The number of hydrogen-bond donors (Lipinski definition) is 2. The van der Waals surface area contributed by atoms with Gasteiger partial charge in [-0.1, -0.05) is 26.0 Å². The van der Waals surface area contributed by atoms with Gasteiger partial charge in [0.2, 0.25) is 0 Å². The second-order valence-corrected chi connectivity index (χ2v) is 6.54. The molecule has 2 N–H and O–H groups in total. The minimum absolute atomic E-state index is 0.263. The molecular formula is C17H19N7O. The summed E-state index contributed by atoms with van der Waals surface area (Å²) in [5.74, 6) is 0.689. The number of anilines is 1. The molecule has 0 radical (unpaired) electrons. The van der Waals surface area contributed by atoms with Crippen LogP contribution in [0.5, 0.6) is 0 Å². The van der Waals surface area contributed by atoms with Crippen molar-refractivity contribution in [2.75, 3.05) is 5.32 Å². The van der Waals surface area contributed by atoms with Gasteiger partial charge in [-0.25, -0.2) is 4.68 Å². The van der Waals surface area contributed by atoms with Gasteiger partial charge in [-0.2, -0.15) is 5.10 Å². The van der Waals surface area contributed by atoms with Crippen molar-refractivity contribution in [1.29, 1.82) is 0 Å². The molecule has 0 saturated heterocycles. The Labute approximate surface area is 144 Å². The average Bonchev–Trinajstić information content (AvgIpc) is 3.13. The monoisotopic (exact) mass is 337 g/mol. The third kappa shape index (κ3) is 3.02. The Hall–Kier alpha value is -3.03. The van der Waals surface area contributed by atoms with Gasteiger partial charge in [0.25, 0.3) is 5.91 Å². The smallest absolute Gasteiger partial charge is 0.276 e. The summed E-state index contributed by atoms with van der Waals surface area (Å²) in [7, 11) is 0. The summed E-state index contributed by atoms with van der Waals surface area (Å²) >= 11 is 0. The molecule has 0 bridgehead atoms. The van der Waals surface area contributed by atoms with E-state index in [1.54, 1.807) is 6.07 Å². The maximum atomic E-state index is 12.6. The van der Waals surface area contributed by atoms with E-state index in [9.17, 15) is 4.79 Å². The maximum Gasteiger partial charge on any atom is 0.276 e. The molecule has 3 aromatic rings. The maximum absolute atomic E-state index is 12.6. The van der Waals surface area contributed by atoms with Crippen molar-refractivity contribution in [3.05, 3.63) is 41.7 Å². The lowest BCUT2D eigenvalue weighted by Gasteiger charge is -2.10. The van der Waals surface area contributed by atoms with Crippen LogP contribution in [0.4, 0.5) is 5.69 Å². The highest BCUT2D eigenvalue weighted by atomic mass is 16.1. The Balaban J connectivity index is 1.62. The van der Waals surface area contributed by atoms with Crippen molar-refractivity contribution in [3.63, 3.8) is 0 Å². The van der Waals surface area contributed by atoms with Gasteiger partial charge in [0.1, 0.15) is 0 Å². The molecule has 0 atom stereocenters. The number of rotatable bonds is 5. The van der Waals surface area contributed by atoms with Gasteiger partial charge in [-0.15, -0.1) is 5.10 Å². The number of para-hydroxylation sites is 1. The molecule has 0 spiro atoms. The average molecular weight is 337 g/mol. The molecule has 1 aliphatic carbocycles. The first-order chi connectivity index (χ1) is 12.1. The van der Waals surface area contributed by atoms with E-state index in [1.807, 2.05) is 42.8 Å². The Morgan fingerprint density at radius 3 is 2.84 bits per heavy atom. The number of carbonyl (C=O) groups excluding carboxylic acids is 1. The van der Waals surface area contributed by atoms with Gasteiger partial charge < -0.3 is 5.32 Å². The van der Waals surface area contributed by atoms with E-state index in [0.717, 1.165) is 24.1 Å². The van der Waals surface area contributed by atoms with Crippen LogP contribution in [0.25, 0.3) is 11.4 Å². The molecule has 0 unspecified atom stereocenters. The summed E-state index contributed by atoms with van der Waals surface area (Å²) < 4.78 is 1.83. The van der Waals surface area contributed by atoms with Crippen LogP contribution in [0.2, 0.25) is 0 Å². The predicted octanol–water partition coefficient (Wildman–Crippen LogP) is 2.77. The number of tetrazole rings is 1. The summed E-state index contributed by atoms with van der Waals surface area (Å²) in [6.07, 6.45) is 2.16. The lowest BCUT2D eigenvalue weighted by Crippen LogP contribution is -2.13. The number of aromatic amines is 1. The molecule has 4 rings (SSSR count). The molecule has 1 fully saturated rings. The van der Waals surface area contributed by atoms with E-state index in [2.05, 4.69) is 31.0 Å². The molecule has 1 saturated carbocycles. The van der Waals surface area contributed by atoms with Crippen LogP contribution in [-0.4, -0.2) is 36.3 Å². The summed E-state index contributed by atoms with van der Waals surface area (Å²) in [5.41, 5.74) is 2.75. The summed E-state index contributed by atoms with van der Waals surface area (Å²) in [6, 6.07) is 9.65. The third-order valence-corrected chi connectivity index (χ3v) is 4.25. The van der Waals surface area contributed by atoms with Gasteiger partial charge in [-0.05, 0) is 47.4 Å². The van der Waals surface area contributed by atoms with Crippen LogP contribution >= 0.6 is 0 Å². The summed E-state index contributed by atoms with van der Waals surface area (Å²) in [4.78, 5) is 12.6. The third-order valence-electron chi connectivity index (χ3n) is 4.25. The van der Waals surface area contributed by atoms with Crippen LogP contribution in [0.3, 0.4) is 0 Å². The molecule has 25 heavy (non-hydrogen) atoms. The molecule has 0 aliphatic heterocycles. The van der Waals surface area contributed by atoms with E-state index < -0.39 is 0 Å². The highest BCUT2D eigenvalue weighted by Gasteiger charge is 2.29. The lowest BCUT2D eigenvalue weighted by molar-refractivity contribution is 0.102. The van der Waals surface area contributed by atoms with Gasteiger partial charge >= 0.3 is 0 Å². The standard InChI is InChI=1S/C17H19N7O/c1-10(2)14-9-15(20-19-14)17(25)18-13-6-4-3-5-12(13)16-21-22-23-24(16)11-7-8-11/h3-6,9-11H,7-8H2,1-2H3,(H,18,25)(H,19,20). The van der Waals surface area contributed by atoms with Crippen molar-refractivity contribution in [2.24, 2.45) is 0 Å². The first-order valence-electron chi connectivity index (χ1n) is 8.37. The fourth-order valence-electron chi connectivity index (χ4n) is 2.66. The van der Waals surface area contributed by atoms with E-state index in [1.165, 1.54) is 0 Å². The van der Waals surface area contributed by atoms with Gasteiger partial charge in [0.15, 0.2) is 11.5 Å². The molecule has 2 heterocycles. The number of nitrogens with one attached hydrogen (secondary N) is 2. The number of nitrogens with zero attached hydrogens (tertiary/aromatic N) is 5. The topological polar surface area (TPSA) is 101 Å². The SMILES string of the molecule is CC(C)c1cc(C(=O)Nc2ccccc2-c2nnnn2C2CC2)n[nH]1. The fraction of sp³-hybridized carbons (Fsp3) is 0.353. The number of aromatic nitrogens is 6. The van der Waals surface area contributed by atoms with E-state index in [-0.39, 0.29) is 11.8 Å². The largest absolute Gasteiger partial charge is 0.320 e. The van der Waals surface area contributed by atoms with Gasteiger partial charge in [-0.3, -0.25) is 9.89 Å². The lowest BCUT2D eigenvalue weighted by atomic mass is 10.1. The number of hydrogen-bond acceptors (Lipinski definition) is 5. The first kappa shape index (κ1) is 15.5. The van der Waals surface area contributed by atoms with Crippen LogP contribution in [0.1, 0.15) is 54.8 Å². The van der Waals surface area contributed by atoms with Crippen LogP contribution in [0.15, 0.2) is 30.3 Å². The van der Waals surface area contributed by atoms with Crippen molar-refractivity contribution >= 4 is 11.6 Å². The molecule has 8 heteroatoms. The second kappa shape index (κ2) is 6.12. The molecule has 1 amide bonds. The Bertz CT molecular complexity index is 907. The zero-order chi connectivity index (χ0) is 17.4. The highest BCUT2D eigenvalue weighted by Crippen LogP contribution is 2.38. The highest BCUT2D eigenvalue weighted by molar-refractivity contribution is 6.04. The molecule has 1 aromatic carbocycles. The zero-order valence-electron chi connectivity index (χ0n) is 14.1. The molecule has 1 aliphatic rings. The summed E-state index contributed by atoms with van der Waals surface area (Å²) in [6.45, 7) is 4.09. The van der Waals surface area contributed by atoms with Crippen molar-refractivity contribution in [3.8, 4) is 11.4 Å². The second-order valence-electron chi connectivity index (χ2n) is 6.54. The number of H-pyrrole nitrogens is 1. The van der Waals surface area contributed by atoms with E-state index >= 15 is 0 Å². The quantitative estimate of drug-likeness (QED) is 0.745. The summed E-state index contributed by atoms with van der Waals surface area (Å²) in [5, 5.41) is 21.9. The normalized spacial score (nSPS) is 14.0. The number of carbonyl (C=O) groups is 1. The fourth-order valence-corrected chi connectivity index (χ4v) is 2.66. The van der Waals surface area contributed by atoms with E-state index in [0.29, 0.717) is 23.2 Å². The number of benzene rings is 1. The van der Waals surface area contributed by atoms with Crippen molar-refractivity contribution in [2.45, 2.75) is 38.6 Å². The predicted molar refractivity (Wildman–Crippen MR) is 92.2 cm³/mol. The van der Waals surface area contributed by atoms with E-state index in [4.69, 9.17) is 0 Å². The van der Waals surface area contributed by atoms with Crippen LogP contribution in [-0.2, 0) is 0 Å². The minimum Gasteiger partial charge on any atom is -0.320 e. The Kier molecular flexibility index (Phi) is 3.79. The molecule has 8 nitrogen and oxygen atoms in total. The number of amides is 1. The van der Waals surface area contributed by atoms with Crippen LogP contribution in [0, 0.1) is 0 Å².